The average molecular weight is 366 g/mol. The maximum Gasteiger partial charge on any atom is 0.338 e. The van der Waals surface area contributed by atoms with Crippen LogP contribution in [0.5, 0.6) is 0 Å². The number of hydrogen-bond donors (Lipinski definition) is 0. The first kappa shape index (κ1) is 18.1. The van der Waals surface area contributed by atoms with Crippen molar-refractivity contribution in [2.24, 2.45) is 23.2 Å². The predicted molar refractivity (Wildman–Crippen MR) is 102 cm³/mol. The fraction of sp³-hybridized carbons (Fsp3) is 0.435. The van der Waals surface area contributed by atoms with Gasteiger partial charge in [-0.05, 0) is 43.0 Å². The van der Waals surface area contributed by atoms with E-state index >= 15 is 0 Å². The van der Waals surface area contributed by atoms with Gasteiger partial charge in [0.1, 0.15) is 18.5 Å². The van der Waals surface area contributed by atoms with Crippen molar-refractivity contribution >= 4 is 5.97 Å². The average Bonchev–Trinajstić information content (AvgIpc) is 3.20. The lowest BCUT2D eigenvalue weighted by atomic mass is 9.56. The van der Waals surface area contributed by atoms with Crippen LogP contribution >= 0.6 is 0 Å². The molecule has 2 heterocycles. The van der Waals surface area contributed by atoms with Gasteiger partial charge in [0.05, 0.1) is 18.4 Å². The molecule has 4 rings (SSSR count). The molecule has 0 saturated carbocycles. The molecule has 0 unspecified atom stereocenters. The third-order valence-corrected chi connectivity index (χ3v) is 6.55. The zero-order chi connectivity index (χ0) is 19.0. The van der Waals surface area contributed by atoms with Gasteiger partial charge >= 0.3 is 5.97 Å². The molecule has 2 bridgehead atoms. The van der Waals surface area contributed by atoms with Crippen molar-refractivity contribution in [3.05, 3.63) is 71.7 Å². The molecule has 1 aromatic heterocycles. The van der Waals surface area contributed by atoms with Crippen molar-refractivity contribution in [3.8, 4) is 0 Å². The zero-order valence-electron chi connectivity index (χ0n) is 16.1. The summed E-state index contributed by atoms with van der Waals surface area (Å²) in [4.78, 5) is 12.5. The van der Waals surface area contributed by atoms with Crippen molar-refractivity contribution in [2.75, 3.05) is 13.2 Å². The van der Waals surface area contributed by atoms with E-state index in [4.69, 9.17) is 13.9 Å². The number of benzene rings is 1. The Balaban J connectivity index is 1.58. The van der Waals surface area contributed by atoms with E-state index < -0.39 is 0 Å². The van der Waals surface area contributed by atoms with Crippen LogP contribution in [0.4, 0.5) is 0 Å². The molecule has 27 heavy (non-hydrogen) atoms. The molecule has 5 atom stereocenters. The van der Waals surface area contributed by atoms with Crippen LogP contribution in [0.15, 0.2) is 64.8 Å². The summed E-state index contributed by atoms with van der Waals surface area (Å²) in [5, 5.41) is 0. The second-order valence-electron chi connectivity index (χ2n) is 7.94. The Morgan fingerprint density at radius 1 is 1.19 bits per heavy atom. The second-order valence-corrected chi connectivity index (χ2v) is 7.94. The summed E-state index contributed by atoms with van der Waals surface area (Å²) in [5.74, 6) is 1.38. The van der Waals surface area contributed by atoms with Crippen LogP contribution in [0.25, 0.3) is 0 Å². The van der Waals surface area contributed by atoms with E-state index in [0.717, 1.165) is 5.76 Å². The number of esters is 1. The summed E-state index contributed by atoms with van der Waals surface area (Å²) in [7, 11) is 0. The minimum Gasteiger partial charge on any atom is -0.467 e. The van der Waals surface area contributed by atoms with Crippen molar-refractivity contribution < 1.29 is 18.7 Å². The van der Waals surface area contributed by atoms with Gasteiger partial charge < -0.3 is 13.9 Å². The smallest absolute Gasteiger partial charge is 0.338 e. The van der Waals surface area contributed by atoms with E-state index in [2.05, 4.69) is 26.8 Å². The monoisotopic (exact) mass is 366 g/mol. The van der Waals surface area contributed by atoms with Crippen molar-refractivity contribution in [2.45, 2.75) is 26.9 Å². The molecule has 2 aromatic rings. The Morgan fingerprint density at radius 3 is 2.67 bits per heavy atom. The number of fused-ring (bicyclic) bond motifs is 2. The first-order valence-electron chi connectivity index (χ1n) is 9.58. The molecule has 2 aliphatic rings. The minimum atomic E-state index is -0.277. The van der Waals surface area contributed by atoms with Gasteiger partial charge in [0, 0.05) is 11.3 Å². The Kier molecular flexibility index (Phi) is 4.68. The van der Waals surface area contributed by atoms with Crippen LogP contribution in [0, 0.1) is 23.2 Å². The molecule has 0 spiro atoms. The fourth-order valence-corrected chi connectivity index (χ4v) is 4.82. The Morgan fingerprint density at radius 2 is 1.96 bits per heavy atom. The van der Waals surface area contributed by atoms with Gasteiger partial charge in [-0.1, -0.05) is 43.7 Å². The summed E-state index contributed by atoms with van der Waals surface area (Å²) in [5.41, 5.74) is 1.68. The lowest BCUT2D eigenvalue weighted by Gasteiger charge is -2.54. The van der Waals surface area contributed by atoms with Gasteiger partial charge in [-0.25, -0.2) is 4.79 Å². The highest BCUT2D eigenvalue weighted by molar-refractivity contribution is 5.89. The van der Waals surface area contributed by atoms with Gasteiger partial charge in [-0.3, -0.25) is 0 Å². The van der Waals surface area contributed by atoms with E-state index in [-0.39, 0.29) is 29.3 Å². The summed E-state index contributed by atoms with van der Waals surface area (Å²) < 4.78 is 17.7. The first-order valence-corrected chi connectivity index (χ1v) is 9.58. The van der Waals surface area contributed by atoms with Crippen LogP contribution in [0.2, 0.25) is 0 Å². The molecule has 1 aliphatic heterocycles. The number of furan rings is 1. The quantitative estimate of drug-likeness (QED) is 0.562. The van der Waals surface area contributed by atoms with E-state index in [9.17, 15) is 4.79 Å². The van der Waals surface area contributed by atoms with E-state index in [1.807, 2.05) is 30.3 Å². The van der Waals surface area contributed by atoms with Crippen LogP contribution < -0.4 is 0 Å². The van der Waals surface area contributed by atoms with Crippen LogP contribution in [0.1, 0.15) is 43.0 Å². The third kappa shape index (κ3) is 3.02. The highest BCUT2D eigenvalue weighted by atomic mass is 16.5. The Labute approximate surface area is 160 Å². The third-order valence-electron chi connectivity index (χ3n) is 6.55. The molecule has 4 heteroatoms. The normalized spacial score (nSPS) is 32.6. The fourth-order valence-electron chi connectivity index (χ4n) is 4.82. The zero-order valence-corrected chi connectivity index (χ0v) is 16.1. The number of hydrogen-bond acceptors (Lipinski definition) is 4. The van der Waals surface area contributed by atoms with Gasteiger partial charge in [0.15, 0.2) is 0 Å². The van der Waals surface area contributed by atoms with Crippen molar-refractivity contribution in [1.82, 2.24) is 0 Å². The van der Waals surface area contributed by atoms with Gasteiger partial charge in [-0.2, -0.15) is 0 Å². The molecule has 0 N–H and O–H groups in total. The van der Waals surface area contributed by atoms with Gasteiger partial charge in [0.25, 0.3) is 0 Å². The number of carbonyl (C=O) groups is 1. The highest BCUT2D eigenvalue weighted by Crippen LogP contribution is 2.56. The minimum absolute atomic E-state index is 0.0864. The molecule has 1 aliphatic carbocycles. The standard InChI is InChI=1S/C23H26O4/c1-15-12-16(2)23(14-27-22(24)18-8-5-4-6-9-18)13-26-21(20(15)17(23)3)19-10-7-11-25-19/h4-12,16-17,20-21H,13-14H2,1-3H3/t16-,17-,20-,21-,23-/m0/s1. The van der Waals surface area contributed by atoms with E-state index in [0.29, 0.717) is 24.7 Å². The lowest BCUT2D eigenvalue weighted by Crippen LogP contribution is -2.54. The van der Waals surface area contributed by atoms with Gasteiger partial charge in [0.2, 0.25) is 0 Å². The Bertz CT molecular complexity index is 823. The summed E-state index contributed by atoms with van der Waals surface area (Å²) >= 11 is 0. The first-order chi connectivity index (χ1) is 13.0. The number of carbonyl (C=O) groups excluding carboxylic acids is 1. The maximum atomic E-state index is 12.5. The van der Waals surface area contributed by atoms with Crippen molar-refractivity contribution in [3.63, 3.8) is 0 Å². The molecule has 1 fully saturated rings. The molecular weight excluding hydrogens is 340 g/mol. The molecule has 4 nitrogen and oxygen atoms in total. The summed E-state index contributed by atoms with van der Waals surface area (Å²) in [6.07, 6.45) is 3.92. The second kappa shape index (κ2) is 7.01. The van der Waals surface area contributed by atoms with Gasteiger partial charge in [-0.15, -0.1) is 0 Å². The summed E-state index contributed by atoms with van der Waals surface area (Å²) in [6, 6.07) is 13.0. The van der Waals surface area contributed by atoms with Crippen LogP contribution in [-0.4, -0.2) is 19.2 Å². The topological polar surface area (TPSA) is 48.7 Å². The molecule has 0 amide bonds. The highest BCUT2D eigenvalue weighted by Gasteiger charge is 2.55. The molecule has 0 radical (unpaired) electrons. The molecular formula is C23H26O4. The van der Waals surface area contributed by atoms with E-state index in [1.54, 1.807) is 18.4 Å². The Hall–Kier alpha value is -2.33. The molecule has 142 valence electrons. The SMILES string of the molecule is CC1=C[C@H](C)[C@@]2(COC(=O)c3ccccc3)CO[C@@H](c3ccco3)[C@@H]1[C@@H]2C. The molecule has 1 aromatic carbocycles. The number of rotatable bonds is 4. The maximum absolute atomic E-state index is 12.5. The number of ether oxygens (including phenoxy) is 2. The van der Waals surface area contributed by atoms with Crippen LogP contribution in [0.3, 0.4) is 0 Å². The largest absolute Gasteiger partial charge is 0.467 e. The van der Waals surface area contributed by atoms with Crippen molar-refractivity contribution in [1.29, 1.82) is 0 Å². The number of allylic oxidation sites excluding steroid dienone is 1. The predicted octanol–water partition coefficient (Wildman–Crippen LogP) is 5.04. The van der Waals surface area contributed by atoms with E-state index in [1.165, 1.54) is 5.57 Å². The van der Waals surface area contributed by atoms with Crippen LogP contribution in [-0.2, 0) is 9.47 Å². The summed E-state index contributed by atoms with van der Waals surface area (Å²) in [6.45, 7) is 7.52. The lowest BCUT2D eigenvalue weighted by molar-refractivity contribution is -0.170. The molecule has 1 saturated heterocycles.